The minimum atomic E-state index is 0.598. The molecule has 0 spiro atoms. The summed E-state index contributed by atoms with van der Waals surface area (Å²) in [4.78, 5) is 0. The normalized spacial score (nSPS) is 17.2. The Labute approximate surface area is 91.0 Å². The van der Waals surface area contributed by atoms with Crippen LogP contribution in [-0.4, -0.2) is 9.78 Å². The molecule has 3 heteroatoms. The Balaban J connectivity index is 2.10. The van der Waals surface area contributed by atoms with Gasteiger partial charge in [-0.3, -0.25) is 4.68 Å². The van der Waals surface area contributed by atoms with E-state index in [1.165, 1.54) is 5.39 Å². The lowest BCUT2D eigenvalue weighted by molar-refractivity contribution is 0.367. The summed E-state index contributed by atoms with van der Waals surface area (Å²) < 4.78 is 3.21. The van der Waals surface area contributed by atoms with E-state index in [2.05, 4.69) is 50.5 Å². The van der Waals surface area contributed by atoms with E-state index in [0.29, 0.717) is 6.04 Å². The Morgan fingerprint density at radius 1 is 1.36 bits per heavy atom. The van der Waals surface area contributed by atoms with Crippen LogP contribution in [0.25, 0.3) is 10.9 Å². The molecule has 1 aliphatic rings. The third-order valence-electron chi connectivity index (χ3n) is 2.74. The Bertz CT molecular complexity index is 471. The van der Waals surface area contributed by atoms with Gasteiger partial charge in [-0.05, 0) is 37.5 Å². The largest absolute Gasteiger partial charge is 0.268 e. The summed E-state index contributed by atoms with van der Waals surface area (Å²) in [5.41, 5.74) is 1.08. The van der Waals surface area contributed by atoms with E-state index in [1.54, 1.807) is 0 Å². The zero-order chi connectivity index (χ0) is 9.54. The number of nitrogens with zero attached hydrogens (tertiary/aromatic N) is 2. The molecule has 1 heterocycles. The molecule has 1 aromatic carbocycles. The highest BCUT2D eigenvalue weighted by Crippen LogP contribution is 2.31. The quantitative estimate of drug-likeness (QED) is 0.758. The first kappa shape index (κ1) is 8.48. The molecule has 1 aromatic heterocycles. The van der Waals surface area contributed by atoms with Crippen LogP contribution in [0.4, 0.5) is 0 Å². The van der Waals surface area contributed by atoms with Crippen molar-refractivity contribution in [3.8, 4) is 0 Å². The minimum Gasteiger partial charge on any atom is -0.268 e. The van der Waals surface area contributed by atoms with Gasteiger partial charge in [0, 0.05) is 16.1 Å². The van der Waals surface area contributed by atoms with Gasteiger partial charge in [0.1, 0.15) is 0 Å². The molecule has 71 valence electrons. The fourth-order valence-corrected chi connectivity index (χ4v) is 2.11. The maximum atomic E-state index is 4.55. The van der Waals surface area contributed by atoms with Crippen LogP contribution in [-0.2, 0) is 0 Å². The van der Waals surface area contributed by atoms with Crippen molar-refractivity contribution in [3.63, 3.8) is 0 Å². The standard InChI is InChI=1S/C11H10BrN2/c12-9-4-5-11-8(6-9)7-14(13-11)10-2-1-3-10/h1,4-7,10H,2-3H2. The zero-order valence-electron chi connectivity index (χ0n) is 7.65. The van der Waals surface area contributed by atoms with Gasteiger partial charge in [-0.25, -0.2) is 0 Å². The molecule has 1 aliphatic carbocycles. The molecule has 14 heavy (non-hydrogen) atoms. The Morgan fingerprint density at radius 3 is 2.93 bits per heavy atom. The maximum absolute atomic E-state index is 4.55. The van der Waals surface area contributed by atoms with E-state index in [9.17, 15) is 0 Å². The van der Waals surface area contributed by atoms with Crippen molar-refractivity contribution in [1.29, 1.82) is 0 Å². The summed E-state index contributed by atoms with van der Waals surface area (Å²) in [5.74, 6) is 0. The average molecular weight is 250 g/mol. The van der Waals surface area contributed by atoms with Crippen LogP contribution in [0.5, 0.6) is 0 Å². The summed E-state index contributed by atoms with van der Waals surface area (Å²) in [7, 11) is 0. The smallest absolute Gasteiger partial charge is 0.0924 e. The van der Waals surface area contributed by atoms with Gasteiger partial charge in [-0.1, -0.05) is 15.9 Å². The maximum Gasteiger partial charge on any atom is 0.0924 e. The molecule has 0 amide bonds. The van der Waals surface area contributed by atoms with Crippen molar-refractivity contribution < 1.29 is 0 Å². The number of hydrogen-bond acceptors (Lipinski definition) is 1. The second-order valence-corrected chi connectivity index (χ2v) is 4.64. The topological polar surface area (TPSA) is 17.8 Å². The van der Waals surface area contributed by atoms with Crippen molar-refractivity contribution in [1.82, 2.24) is 9.78 Å². The van der Waals surface area contributed by atoms with Crippen molar-refractivity contribution in [2.24, 2.45) is 0 Å². The molecule has 3 rings (SSSR count). The van der Waals surface area contributed by atoms with Gasteiger partial charge in [-0.15, -0.1) is 0 Å². The molecular formula is C11H10BrN2. The summed E-state index contributed by atoms with van der Waals surface area (Å²) in [6, 6.07) is 6.80. The highest BCUT2D eigenvalue weighted by Gasteiger charge is 2.20. The van der Waals surface area contributed by atoms with Crippen LogP contribution in [0, 0.1) is 6.42 Å². The highest BCUT2D eigenvalue weighted by molar-refractivity contribution is 9.10. The fourth-order valence-electron chi connectivity index (χ4n) is 1.73. The molecule has 0 atom stereocenters. The lowest BCUT2D eigenvalue weighted by Crippen LogP contribution is -2.17. The first-order valence-electron chi connectivity index (χ1n) is 4.79. The van der Waals surface area contributed by atoms with Crippen molar-refractivity contribution in [2.45, 2.75) is 18.9 Å². The van der Waals surface area contributed by atoms with Crippen LogP contribution in [0.1, 0.15) is 18.9 Å². The molecular weight excluding hydrogens is 240 g/mol. The van der Waals surface area contributed by atoms with Crippen molar-refractivity contribution in [3.05, 3.63) is 35.3 Å². The summed E-state index contributed by atoms with van der Waals surface area (Å²) >= 11 is 3.47. The monoisotopic (exact) mass is 249 g/mol. The van der Waals surface area contributed by atoms with E-state index in [-0.39, 0.29) is 0 Å². The van der Waals surface area contributed by atoms with E-state index < -0.39 is 0 Å². The predicted molar refractivity (Wildman–Crippen MR) is 60.0 cm³/mol. The van der Waals surface area contributed by atoms with E-state index >= 15 is 0 Å². The van der Waals surface area contributed by atoms with E-state index in [0.717, 1.165) is 22.8 Å². The minimum absolute atomic E-state index is 0.598. The van der Waals surface area contributed by atoms with Gasteiger partial charge in [0.2, 0.25) is 0 Å². The van der Waals surface area contributed by atoms with Gasteiger partial charge in [0.15, 0.2) is 0 Å². The molecule has 0 bridgehead atoms. The molecule has 0 unspecified atom stereocenters. The Kier molecular flexibility index (Phi) is 1.87. The number of hydrogen-bond donors (Lipinski definition) is 0. The third-order valence-corrected chi connectivity index (χ3v) is 3.23. The van der Waals surface area contributed by atoms with Crippen LogP contribution in [0.2, 0.25) is 0 Å². The molecule has 1 saturated carbocycles. The Hall–Kier alpha value is -0.830. The fraction of sp³-hybridized carbons (Fsp3) is 0.273. The Morgan fingerprint density at radius 2 is 2.21 bits per heavy atom. The lowest BCUT2D eigenvalue weighted by atomic mass is 9.93. The second-order valence-electron chi connectivity index (χ2n) is 3.73. The molecule has 1 radical (unpaired) electrons. The number of fused-ring (bicyclic) bond motifs is 1. The number of benzene rings is 1. The van der Waals surface area contributed by atoms with Gasteiger partial charge >= 0.3 is 0 Å². The van der Waals surface area contributed by atoms with Crippen molar-refractivity contribution in [2.75, 3.05) is 0 Å². The van der Waals surface area contributed by atoms with Crippen LogP contribution in [0.15, 0.2) is 28.9 Å². The number of rotatable bonds is 1. The van der Waals surface area contributed by atoms with Gasteiger partial charge in [-0.2, -0.15) is 5.10 Å². The van der Waals surface area contributed by atoms with Gasteiger partial charge < -0.3 is 0 Å². The third kappa shape index (κ3) is 1.27. The SMILES string of the molecule is Brc1ccc2nn(C3C[CH]C3)cc2c1. The molecule has 2 aromatic rings. The first-order valence-corrected chi connectivity index (χ1v) is 5.58. The molecule has 0 N–H and O–H groups in total. The molecule has 0 aliphatic heterocycles. The summed E-state index contributed by atoms with van der Waals surface area (Å²) in [5, 5.41) is 5.77. The lowest BCUT2D eigenvalue weighted by Gasteiger charge is -2.24. The van der Waals surface area contributed by atoms with E-state index in [1.807, 2.05) is 6.07 Å². The van der Waals surface area contributed by atoms with Gasteiger partial charge in [0.05, 0.1) is 11.6 Å². The van der Waals surface area contributed by atoms with Crippen LogP contribution in [0.3, 0.4) is 0 Å². The molecule has 2 nitrogen and oxygen atoms in total. The van der Waals surface area contributed by atoms with Gasteiger partial charge in [0.25, 0.3) is 0 Å². The summed E-state index contributed by atoms with van der Waals surface area (Å²) in [6.07, 6.45) is 6.76. The average Bonchev–Trinajstić information content (AvgIpc) is 2.43. The molecule has 1 fully saturated rings. The first-order chi connectivity index (χ1) is 6.83. The number of aromatic nitrogens is 2. The van der Waals surface area contributed by atoms with E-state index in [4.69, 9.17) is 0 Å². The predicted octanol–water partition coefficient (Wildman–Crippen LogP) is 3.34. The summed E-state index contributed by atoms with van der Waals surface area (Å²) in [6.45, 7) is 0. The second kappa shape index (κ2) is 3.09. The molecule has 0 saturated heterocycles. The van der Waals surface area contributed by atoms with Crippen LogP contribution >= 0.6 is 15.9 Å². The van der Waals surface area contributed by atoms with Crippen LogP contribution < -0.4 is 0 Å². The zero-order valence-corrected chi connectivity index (χ0v) is 9.24. The highest BCUT2D eigenvalue weighted by atomic mass is 79.9. The number of halogens is 1. The van der Waals surface area contributed by atoms with Crippen molar-refractivity contribution >= 4 is 26.8 Å².